The summed E-state index contributed by atoms with van der Waals surface area (Å²) in [4.78, 5) is 39.2. The molecule has 2 bridgehead atoms. The third-order valence-corrected chi connectivity index (χ3v) is 10.9. The Hall–Kier alpha value is -1.85. The Bertz CT molecular complexity index is 1080. The maximum atomic E-state index is 13.4. The number of ketones is 1. The van der Waals surface area contributed by atoms with Gasteiger partial charge in [-0.05, 0) is 44.1 Å². The number of aliphatic hydroxyl groups excluding tert-OH is 2. The van der Waals surface area contributed by atoms with Crippen LogP contribution in [0, 0.1) is 34.5 Å². The normalized spacial score (nSPS) is 51.6. The molecule has 1 spiro atoms. The van der Waals surface area contributed by atoms with Crippen molar-refractivity contribution in [2.24, 2.45) is 34.5 Å². The van der Waals surface area contributed by atoms with Gasteiger partial charge in [0, 0.05) is 22.7 Å². The number of esters is 2. The van der Waals surface area contributed by atoms with E-state index in [9.17, 15) is 34.8 Å². The minimum absolute atomic E-state index is 0.0951. The van der Waals surface area contributed by atoms with E-state index in [2.05, 4.69) is 0 Å². The lowest BCUT2D eigenvalue weighted by Crippen LogP contribution is -2.78. The lowest BCUT2D eigenvalue weighted by atomic mass is 9.38. The lowest BCUT2D eigenvalue weighted by Gasteiger charge is -2.68. The van der Waals surface area contributed by atoms with Gasteiger partial charge < -0.3 is 34.6 Å². The summed E-state index contributed by atoms with van der Waals surface area (Å²) in [7, 11) is 0. The number of carbonyl (C=O) groups excluding carboxylic acids is 3. The zero-order chi connectivity index (χ0) is 26.7. The fraction of sp³-hybridized carbons (Fsp3) is 0.815. The second-order valence-electron chi connectivity index (χ2n) is 12.7. The van der Waals surface area contributed by atoms with Gasteiger partial charge in [0.2, 0.25) is 6.10 Å². The number of fused-ring (bicyclic) bond motifs is 1. The molecule has 0 radical (unpaired) electrons. The molecule has 6 rings (SSSR count). The molecule has 0 aromatic heterocycles. The molecule has 6 aliphatic rings. The molecule has 3 saturated carbocycles. The maximum Gasteiger partial charge on any atom is 0.348 e. The molecule has 0 aromatic carbocycles. The quantitative estimate of drug-likeness (QED) is 0.383. The molecule has 10 nitrogen and oxygen atoms in total. The molecule has 2 saturated heterocycles. The molecule has 2 heterocycles. The van der Waals surface area contributed by atoms with Crippen molar-refractivity contribution in [1.82, 2.24) is 0 Å². The SMILES string of the molecule is CC1=CC(=O)[C@@H](O)[C@]2(C)[C@H]3[C@]4(O)OC[C@]35[C@H]([C@@H](C)[C@H]4O)[C@@H](OC(=O)CC3(O)CCCC3)C(=O)O[C@@H]5C[C@@H]12. The Labute approximate surface area is 215 Å². The van der Waals surface area contributed by atoms with E-state index in [-0.39, 0.29) is 13.0 Å². The van der Waals surface area contributed by atoms with Gasteiger partial charge in [-0.15, -0.1) is 0 Å². The third-order valence-electron chi connectivity index (χ3n) is 10.9. The summed E-state index contributed by atoms with van der Waals surface area (Å²) in [5.74, 6) is -6.98. The van der Waals surface area contributed by atoms with Gasteiger partial charge in [-0.2, -0.15) is 0 Å². The highest BCUT2D eigenvalue weighted by atomic mass is 16.7. The molecule has 0 unspecified atom stereocenters. The van der Waals surface area contributed by atoms with E-state index in [4.69, 9.17) is 14.2 Å². The minimum Gasteiger partial charge on any atom is -0.459 e. The van der Waals surface area contributed by atoms with Crippen LogP contribution >= 0.6 is 0 Å². The van der Waals surface area contributed by atoms with E-state index >= 15 is 0 Å². The molecule has 4 aliphatic carbocycles. The van der Waals surface area contributed by atoms with Gasteiger partial charge >= 0.3 is 11.9 Å². The summed E-state index contributed by atoms with van der Waals surface area (Å²) in [6.07, 6.45) is -1.08. The number of hydrogen-bond donors (Lipinski definition) is 4. The van der Waals surface area contributed by atoms with Crippen molar-refractivity contribution in [3.63, 3.8) is 0 Å². The monoisotopic (exact) mass is 520 g/mol. The van der Waals surface area contributed by atoms with E-state index in [1.54, 1.807) is 20.8 Å². The van der Waals surface area contributed by atoms with Crippen LogP contribution in [-0.2, 0) is 28.6 Å². The second kappa shape index (κ2) is 7.85. The Morgan fingerprint density at radius 3 is 2.54 bits per heavy atom. The molecule has 0 amide bonds. The first-order valence-electron chi connectivity index (χ1n) is 13.4. The number of hydrogen-bond acceptors (Lipinski definition) is 10. The van der Waals surface area contributed by atoms with Crippen LogP contribution in [0.3, 0.4) is 0 Å². The van der Waals surface area contributed by atoms with Gasteiger partial charge in [0.05, 0.1) is 18.6 Å². The molecule has 37 heavy (non-hydrogen) atoms. The predicted octanol–water partition coefficient (Wildman–Crippen LogP) is 0.383. The highest BCUT2D eigenvalue weighted by molar-refractivity contribution is 5.96. The zero-order valence-corrected chi connectivity index (χ0v) is 21.4. The van der Waals surface area contributed by atoms with Crippen LogP contribution in [-0.4, -0.2) is 80.6 Å². The van der Waals surface area contributed by atoms with Gasteiger partial charge in [0.1, 0.15) is 18.3 Å². The second-order valence-corrected chi connectivity index (χ2v) is 12.7. The highest BCUT2D eigenvalue weighted by Gasteiger charge is 2.83. The van der Waals surface area contributed by atoms with Crippen molar-refractivity contribution in [2.75, 3.05) is 6.61 Å². The molecule has 4 N–H and O–H groups in total. The smallest absolute Gasteiger partial charge is 0.348 e. The van der Waals surface area contributed by atoms with Crippen LogP contribution in [0.1, 0.15) is 59.3 Å². The summed E-state index contributed by atoms with van der Waals surface area (Å²) in [5, 5.41) is 45.3. The fourth-order valence-corrected chi connectivity index (χ4v) is 9.39. The molecule has 0 aromatic rings. The molecule has 2 aliphatic heterocycles. The number of aliphatic hydroxyl groups is 4. The van der Waals surface area contributed by atoms with Crippen molar-refractivity contribution >= 4 is 17.7 Å². The predicted molar refractivity (Wildman–Crippen MR) is 124 cm³/mol. The highest BCUT2D eigenvalue weighted by Crippen LogP contribution is 2.73. The summed E-state index contributed by atoms with van der Waals surface area (Å²) in [6.45, 7) is 5.09. The average molecular weight is 521 g/mol. The molecule has 5 fully saturated rings. The van der Waals surface area contributed by atoms with Crippen LogP contribution in [0.25, 0.3) is 0 Å². The Balaban J connectivity index is 1.44. The Morgan fingerprint density at radius 1 is 1.19 bits per heavy atom. The zero-order valence-electron chi connectivity index (χ0n) is 21.4. The van der Waals surface area contributed by atoms with Crippen LogP contribution in [0.4, 0.5) is 0 Å². The number of allylic oxidation sites excluding steroid dienone is 1. The fourth-order valence-electron chi connectivity index (χ4n) is 9.39. The third kappa shape index (κ3) is 3.07. The van der Waals surface area contributed by atoms with Crippen molar-refractivity contribution in [2.45, 2.75) is 95.1 Å². The van der Waals surface area contributed by atoms with E-state index < -0.39 is 88.0 Å². The number of rotatable bonds is 3. The number of carbonyl (C=O) groups is 3. The van der Waals surface area contributed by atoms with E-state index in [1.807, 2.05) is 0 Å². The van der Waals surface area contributed by atoms with E-state index in [1.165, 1.54) is 6.08 Å². The minimum atomic E-state index is -2.10. The van der Waals surface area contributed by atoms with Crippen molar-refractivity contribution in [3.8, 4) is 0 Å². The van der Waals surface area contributed by atoms with Crippen LogP contribution in [0.2, 0.25) is 0 Å². The number of ether oxygens (including phenoxy) is 3. The largest absolute Gasteiger partial charge is 0.459 e. The Morgan fingerprint density at radius 2 is 1.86 bits per heavy atom. The van der Waals surface area contributed by atoms with Gasteiger partial charge in [0.15, 0.2) is 11.6 Å². The molecule has 10 heteroatoms. The maximum absolute atomic E-state index is 13.4. The molecular weight excluding hydrogens is 484 g/mol. The van der Waals surface area contributed by atoms with E-state index in [0.717, 1.165) is 12.8 Å². The first-order valence-corrected chi connectivity index (χ1v) is 13.4. The van der Waals surface area contributed by atoms with Crippen molar-refractivity contribution in [3.05, 3.63) is 11.6 Å². The lowest BCUT2D eigenvalue weighted by molar-refractivity contribution is -0.340. The van der Waals surface area contributed by atoms with Crippen LogP contribution < -0.4 is 0 Å². The average Bonchev–Trinajstić information content (AvgIpc) is 3.37. The van der Waals surface area contributed by atoms with Crippen LogP contribution in [0.15, 0.2) is 11.6 Å². The summed E-state index contributed by atoms with van der Waals surface area (Å²) in [6, 6.07) is 0. The van der Waals surface area contributed by atoms with Gasteiger partial charge in [-0.1, -0.05) is 32.3 Å². The van der Waals surface area contributed by atoms with Gasteiger partial charge in [0.25, 0.3) is 0 Å². The molecule has 204 valence electrons. The van der Waals surface area contributed by atoms with Crippen LogP contribution in [0.5, 0.6) is 0 Å². The van der Waals surface area contributed by atoms with Gasteiger partial charge in [-0.3, -0.25) is 9.59 Å². The summed E-state index contributed by atoms with van der Waals surface area (Å²) in [5.41, 5.74) is -2.81. The first-order chi connectivity index (χ1) is 17.3. The standard InChI is InChI=1S/C27H36O10/c1-12-8-15(28)21(31)24(3)14(12)9-16-26-11-35-27(34,23(24)26)20(30)13(2)18(26)19(22(32)36-16)37-17(29)10-25(33)6-4-5-7-25/h8,13-14,16,18-21,23,30-31,33-34H,4-7,9-11H2,1-3H3/t13-,14+,16-,18-,19-,20-,21-,23-,24-,26+,27-/m1/s1. The molecule has 11 atom stereocenters. The Kier molecular flexibility index (Phi) is 5.39. The summed E-state index contributed by atoms with van der Waals surface area (Å²) >= 11 is 0. The van der Waals surface area contributed by atoms with Crippen molar-refractivity contribution < 1.29 is 49.0 Å². The first kappa shape index (κ1) is 25.4. The topological polar surface area (TPSA) is 160 Å². The van der Waals surface area contributed by atoms with E-state index in [0.29, 0.717) is 24.8 Å². The molecular formula is C27H36O10. The van der Waals surface area contributed by atoms with Crippen molar-refractivity contribution in [1.29, 1.82) is 0 Å². The summed E-state index contributed by atoms with van der Waals surface area (Å²) < 4.78 is 17.6. The van der Waals surface area contributed by atoms with Gasteiger partial charge in [-0.25, -0.2) is 4.79 Å².